The largest absolute Gasteiger partial charge is 0.377 e. The molecule has 2 rings (SSSR count). The van der Waals surface area contributed by atoms with E-state index in [1.165, 1.54) is 24.1 Å². The van der Waals surface area contributed by atoms with Crippen LogP contribution >= 0.6 is 0 Å². The Hall–Kier alpha value is -1.71. The smallest absolute Gasteiger partial charge is 0.239 e. The van der Waals surface area contributed by atoms with E-state index in [1.54, 1.807) is 0 Å². The summed E-state index contributed by atoms with van der Waals surface area (Å²) in [6, 6.07) is 6.57. The van der Waals surface area contributed by atoms with Gasteiger partial charge in [0.15, 0.2) is 0 Å². The third-order valence-corrected chi connectivity index (χ3v) is 3.86. The third-order valence-electron chi connectivity index (χ3n) is 3.86. The quantitative estimate of drug-likeness (QED) is 0.868. The second kappa shape index (κ2) is 6.64. The van der Waals surface area contributed by atoms with Crippen molar-refractivity contribution in [3.63, 3.8) is 0 Å². The van der Waals surface area contributed by atoms with E-state index in [1.807, 2.05) is 20.2 Å². The fraction of sp³-hybridized carbons (Fsp3) is 0.562. The molecule has 0 spiro atoms. The summed E-state index contributed by atoms with van der Waals surface area (Å²) in [7, 11) is 4.05. The van der Waals surface area contributed by atoms with Gasteiger partial charge in [-0.3, -0.25) is 4.79 Å². The average molecular weight is 275 g/mol. The molecular weight excluding hydrogens is 250 g/mol. The van der Waals surface area contributed by atoms with E-state index in [0.717, 1.165) is 18.5 Å². The van der Waals surface area contributed by atoms with Crippen LogP contribution in [-0.4, -0.2) is 32.6 Å². The lowest BCUT2D eigenvalue weighted by atomic mass is 10.1. The molecule has 4 nitrogen and oxygen atoms in total. The first kappa shape index (κ1) is 14.7. The fourth-order valence-electron chi connectivity index (χ4n) is 2.73. The van der Waals surface area contributed by atoms with Crippen molar-refractivity contribution in [3.8, 4) is 0 Å². The molecule has 1 aromatic rings. The molecule has 1 aliphatic rings. The van der Waals surface area contributed by atoms with Gasteiger partial charge in [-0.15, -0.1) is 0 Å². The molecule has 1 aromatic carbocycles. The minimum Gasteiger partial charge on any atom is -0.377 e. The molecule has 1 saturated carbocycles. The highest BCUT2D eigenvalue weighted by atomic mass is 16.1. The van der Waals surface area contributed by atoms with Crippen LogP contribution in [0.25, 0.3) is 0 Å². The Morgan fingerprint density at radius 2 is 2.00 bits per heavy atom. The van der Waals surface area contributed by atoms with Gasteiger partial charge < -0.3 is 15.5 Å². The van der Waals surface area contributed by atoms with E-state index in [4.69, 9.17) is 0 Å². The summed E-state index contributed by atoms with van der Waals surface area (Å²) >= 11 is 0. The Kier molecular flexibility index (Phi) is 4.88. The first-order valence-corrected chi connectivity index (χ1v) is 7.37. The first-order valence-electron chi connectivity index (χ1n) is 7.37. The van der Waals surface area contributed by atoms with Crippen LogP contribution in [0.4, 0.5) is 11.4 Å². The van der Waals surface area contributed by atoms with E-state index in [0.29, 0.717) is 12.6 Å². The molecule has 0 heterocycles. The van der Waals surface area contributed by atoms with Crippen molar-refractivity contribution in [2.24, 2.45) is 0 Å². The molecule has 0 unspecified atom stereocenters. The molecule has 2 N–H and O–H groups in total. The standard InChI is InChI=1S/C16H25N3O/c1-12-8-9-14(10-15(12)19(2)3)17-11-16(20)18-13-6-4-5-7-13/h8-10,13,17H,4-7,11H2,1-3H3,(H,18,20). The van der Waals surface area contributed by atoms with Crippen molar-refractivity contribution in [2.75, 3.05) is 30.9 Å². The van der Waals surface area contributed by atoms with Gasteiger partial charge in [0.1, 0.15) is 0 Å². The van der Waals surface area contributed by atoms with Crippen molar-refractivity contribution in [1.82, 2.24) is 5.32 Å². The summed E-state index contributed by atoms with van der Waals surface area (Å²) < 4.78 is 0. The summed E-state index contributed by atoms with van der Waals surface area (Å²) in [5, 5.41) is 6.29. The summed E-state index contributed by atoms with van der Waals surface area (Å²) in [4.78, 5) is 14.0. The van der Waals surface area contributed by atoms with Crippen LogP contribution in [0.3, 0.4) is 0 Å². The number of aryl methyl sites for hydroxylation is 1. The lowest BCUT2D eigenvalue weighted by Crippen LogP contribution is -2.36. The summed E-state index contributed by atoms with van der Waals surface area (Å²) in [6.45, 7) is 2.43. The highest BCUT2D eigenvalue weighted by molar-refractivity contribution is 5.81. The summed E-state index contributed by atoms with van der Waals surface area (Å²) in [6.07, 6.45) is 4.73. The van der Waals surface area contributed by atoms with Crippen LogP contribution < -0.4 is 15.5 Å². The number of carbonyl (C=O) groups is 1. The highest BCUT2D eigenvalue weighted by Gasteiger charge is 2.16. The number of hydrogen-bond acceptors (Lipinski definition) is 3. The van der Waals surface area contributed by atoms with Gasteiger partial charge in [0.05, 0.1) is 6.54 Å². The van der Waals surface area contributed by atoms with Gasteiger partial charge >= 0.3 is 0 Å². The van der Waals surface area contributed by atoms with E-state index < -0.39 is 0 Å². The zero-order chi connectivity index (χ0) is 14.5. The Bertz CT molecular complexity index is 465. The number of nitrogens with one attached hydrogen (secondary N) is 2. The molecule has 20 heavy (non-hydrogen) atoms. The number of rotatable bonds is 5. The Labute approximate surface area is 121 Å². The maximum atomic E-state index is 11.9. The van der Waals surface area contributed by atoms with Crippen molar-refractivity contribution < 1.29 is 4.79 Å². The Balaban J connectivity index is 1.86. The summed E-state index contributed by atoms with van der Waals surface area (Å²) in [5.41, 5.74) is 3.39. The minimum atomic E-state index is 0.0869. The topological polar surface area (TPSA) is 44.4 Å². The molecular formula is C16H25N3O. The van der Waals surface area contributed by atoms with Crippen molar-refractivity contribution in [1.29, 1.82) is 0 Å². The van der Waals surface area contributed by atoms with Gasteiger partial charge in [0.25, 0.3) is 0 Å². The maximum Gasteiger partial charge on any atom is 0.239 e. The number of hydrogen-bond donors (Lipinski definition) is 2. The first-order chi connectivity index (χ1) is 9.56. The second-order valence-corrected chi connectivity index (χ2v) is 5.80. The van der Waals surface area contributed by atoms with Crippen LogP contribution in [0.1, 0.15) is 31.2 Å². The molecule has 0 saturated heterocycles. The van der Waals surface area contributed by atoms with Crippen LogP contribution in [0.5, 0.6) is 0 Å². The van der Waals surface area contributed by atoms with Crippen LogP contribution in [0.2, 0.25) is 0 Å². The Morgan fingerprint density at radius 3 is 2.65 bits per heavy atom. The number of carbonyl (C=O) groups excluding carboxylic acids is 1. The van der Waals surface area contributed by atoms with Crippen molar-refractivity contribution >= 4 is 17.3 Å². The van der Waals surface area contributed by atoms with Gasteiger partial charge in [-0.25, -0.2) is 0 Å². The molecule has 1 amide bonds. The van der Waals surface area contributed by atoms with Gasteiger partial charge in [0, 0.05) is 31.5 Å². The number of benzene rings is 1. The monoisotopic (exact) mass is 275 g/mol. The molecule has 0 aliphatic heterocycles. The lowest BCUT2D eigenvalue weighted by molar-refractivity contribution is -0.120. The fourth-order valence-corrected chi connectivity index (χ4v) is 2.73. The van der Waals surface area contributed by atoms with Gasteiger partial charge in [0.2, 0.25) is 5.91 Å². The van der Waals surface area contributed by atoms with Crippen LogP contribution in [-0.2, 0) is 4.79 Å². The SMILES string of the molecule is Cc1ccc(NCC(=O)NC2CCCC2)cc1N(C)C. The van der Waals surface area contributed by atoms with Crippen LogP contribution in [0, 0.1) is 6.92 Å². The normalized spacial score (nSPS) is 15.2. The molecule has 1 fully saturated rings. The van der Waals surface area contributed by atoms with E-state index in [9.17, 15) is 4.79 Å². The van der Waals surface area contributed by atoms with Gasteiger partial charge in [-0.1, -0.05) is 18.9 Å². The number of anilines is 2. The average Bonchev–Trinajstić information content (AvgIpc) is 2.90. The third kappa shape index (κ3) is 3.89. The zero-order valence-corrected chi connectivity index (χ0v) is 12.7. The van der Waals surface area contributed by atoms with E-state index in [-0.39, 0.29) is 5.91 Å². The number of nitrogens with zero attached hydrogens (tertiary/aromatic N) is 1. The van der Waals surface area contributed by atoms with E-state index in [2.05, 4.69) is 34.6 Å². The highest BCUT2D eigenvalue weighted by Crippen LogP contribution is 2.22. The second-order valence-electron chi connectivity index (χ2n) is 5.80. The maximum absolute atomic E-state index is 11.9. The molecule has 0 atom stereocenters. The minimum absolute atomic E-state index is 0.0869. The van der Waals surface area contributed by atoms with Crippen molar-refractivity contribution in [3.05, 3.63) is 23.8 Å². The predicted octanol–water partition coefficient (Wildman–Crippen LogP) is 2.53. The summed E-state index contributed by atoms with van der Waals surface area (Å²) in [5.74, 6) is 0.0869. The molecule has 4 heteroatoms. The van der Waals surface area contributed by atoms with Gasteiger partial charge in [-0.2, -0.15) is 0 Å². The molecule has 110 valence electrons. The van der Waals surface area contributed by atoms with Gasteiger partial charge in [-0.05, 0) is 37.5 Å². The van der Waals surface area contributed by atoms with E-state index >= 15 is 0 Å². The lowest BCUT2D eigenvalue weighted by Gasteiger charge is -2.18. The zero-order valence-electron chi connectivity index (χ0n) is 12.7. The number of amides is 1. The van der Waals surface area contributed by atoms with Crippen molar-refractivity contribution in [2.45, 2.75) is 38.6 Å². The van der Waals surface area contributed by atoms with Crippen LogP contribution in [0.15, 0.2) is 18.2 Å². The Morgan fingerprint density at radius 1 is 1.30 bits per heavy atom. The molecule has 0 bridgehead atoms. The molecule has 0 radical (unpaired) electrons. The predicted molar refractivity (Wildman–Crippen MR) is 84.4 cm³/mol. The molecule has 1 aliphatic carbocycles. The molecule has 0 aromatic heterocycles.